The lowest BCUT2D eigenvalue weighted by Crippen LogP contribution is -2.36. The molecule has 0 aliphatic carbocycles. The average molecular weight is 305 g/mol. The highest BCUT2D eigenvalue weighted by molar-refractivity contribution is 6.04. The molecule has 1 N–H and O–H groups in total. The van der Waals surface area contributed by atoms with Crippen LogP contribution in [-0.2, 0) is 9.63 Å². The van der Waals surface area contributed by atoms with Crippen molar-refractivity contribution >= 4 is 11.6 Å². The van der Waals surface area contributed by atoms with Crippen molar-refractivity contribution < 1.29 is 14.4 Å². The molecule has 0 aromatic heterocycles. The third-order valence-electron chi connectivity index (χ3n) is 3.47. The van der Waals surface area contributed by atoms with Crippen molar-refractivity contribution in [3.05, 3.63) is 29.8 Å². The fourth-order valence-corrected chi connectivity index (χ4v) is 2.19. The molecule has 2 rings (SSSR count). The molecule has 0 unspecified atom stereocenters. The second kappa shape index (κ2) is 7.79. The molecule has 1 atom stereocenters. The maximum Gasteiger partial charge on any atom is 0.264 e. The summed E-state index contributed by atoms with van der Waals surface area (Å²) in [6, 6.07) is 7.57. The Labute approximate surface area is 131 Å². The molecule has 1 heterocycles. The number of amides is 1. The summed E-state index contributed by atoms with van der Waals surface area (Å²) in [5.41, 5.74) is 1.74. The lowest BCUT2D eigenvalue weighted by Gasteiger charge is -2.11. The van der Waals surface area contributed by atoms with Gasteiger partial charge in [0.15, 0.2) is 0 Å². The van der Waals surface area contributed by atoms with Gasteiger partial charge < -0.3 is 19.8 Å². The first kappa shape index (κ1) is 16.3. The molecule has 120 valence electrons. The summed E-state index contributed by atoms with van der Waals surface area (Å²) in [7, 11) is 5.65. The number of nitrogens with one attached hydrogen (secondary N) is 1. The van der Waals surface area contributed by atoms with E-state index in [4.69, 9.17) is 9.57 Å². The van der Waals surface area contributed by atoms with Gasteiger partial charge in [0.1, 0.15) is 5.75 Å². The third kappa shape index (κ3) is 4.46. The van der Waals surface area contributed by atoms with Crippen LogP contribution in [-0.4, -0.2) is 56.9 Å². The van der Waals surface area contributed by atoms with E-state index < -0.39 is 6.10 Å². The molecule has 0 saturated carbocycles. The van der Waals surface area contributed by atoms with Gasteiger partial charge in [0, 0.05) is 13.0 Å². The lowest BCUT2D eigenvalue weighted by atomic mass is 10.0. The predicted octanol–water partition coefficient (Wildman–Crippen LogP) is 1.26. The van der Waals surface area contributed by atoms with Crippen LogP contribution in [0, 0.1) is 0 Å². The molecule has 6 nitrogen and oxygen atoms in total. The van der Waals surface area contributed by atoms with Crippen molar-refractivity contribution in [3.8, 4) is 5.75 Å². The molecule has 0 saturated heterocycles. The summed E-state index contributed by atoms with van der Waals surface area (Å²) in [4.78, 5) is 19.4. The smallest absolute Gasteiger partial charge is 0.264 e. The van der Waals surface area contributed by atoms with E-state index in [-0.39, 0.29) is 5.91 Å². The molecule has 0 bridgehead atoms. The van der Waals surface area contributed by atoms with Crippen LogP contribution in [0.15, 0.2) is 29.4 Å². The summed E-state index contributed by atoms with van der Waals surface area (Å²) in [6.07, 6.45) is 0.875. The van der Waals surface area contributed by atoms with E-state index in [1.165, 1.54) is 0 Å². The highest BCUT2D eigenvalue weighted by atomic mass is 16.6. The van der Waals surface area contributed by atoms with Gasteiger partial charge in [0.05, 0.1) is 12.8 Å². The molecule has 22 heavy (non-hydrogen) atoms. The number of hydrogen-bond acceptors (Lipinski definition) is 5. The minimum absolute atomic E-state index is 0.106. The minimum atomic E-state index is -0.531. The van der Waals surface area contributed by atoms with Gasteiger partial charge in [-0.1, -0.05) is 5.16 Å². The molecule has 1 amide bonds. The Kier molecular flexibility index (Phi) is 5.77. The molecule has 1 aromatic rings. The fraction of sp³-hybridized carbons (Fsp3) is 0.500. The normalized spacial score (nSPS) is 17.1. The van der Waals surface area contributed by atoms with Gasteiger partial charge in [-0.2, -0.15) is 0 Å². The lowest BCUT2D eigenvalue weighted by molar-refractivity contribution is -0.131. The monoisotopic (exact) mass is 305 g/mol. The summed E-state index contributed by atoms with van der Waals surface area (Å²) in [5.74, 6) is 0.685. The van der Waals surface area contributed by atoms with E-state index in [1.807, 2.05) is 38.4 Å². The molecule has 1 aliphatic rings. The number of carbonyl (C=O) groups is 1. The quantitative estimate of drug-likeness (QED) is 0.770. The van der Waals surface area contributed by atoms with E-state index >= 15 is 0 Å². The Hall–Kier alpha value is -2.08. The Morgan fingerprint density at radius 3 is 2.77 bits per heavy atom. The zero-order valence-electron chi connectivity index (χ0n) is 13.3. The highest BCUT2D eigenvalue weighted by Gasteiger charge is 2.28. The number of ether oxygens (including phenoxy) is 1. The van der Waals surface area contributed by atoms with Crippen LogP contribution in [0.2, 0.25) is 0 Å². The number of nitrogens with zero attached hydrogens (tertiary/aromatic N) is 2. The van der Waals surface area contributed by atoms with Crippen LogP contribution in [0.5, 0.6) is 5.75 Å². The molecule has 0 spiro atoms. The Morgan fingerprint density at radius 1 is 1.41 bits per heavy atom. The van der Waals surface area contributed by atoms with Crippen molar-refractivity contribution in [2.24, 2.45) is 5.16 Å². The minimum Gasteiger partial charge on any atom is -0.497 e. The van der Waals surface area contributed by atoms with Crippen molar-refractivity contribution in [2.45, 2.75) is 18.9 Å². The van der Waals surface area contributed by atoms with Gasteiger partial charge in [0.2, 0.25) is 6.10 Å². The third-order valence-corrected chi connectivity index (χ3v) is 3.47. The van der Waals surface area contributed by atoms with Crippen molar-refractivity contribution in [2.75, 3.05) is 34.3 Å². The van der Waals surface area contributed by atoms with Crippen LogP contribution in [0.1, 0.15) is 18.4 Å². The van der Waals surface area contributed by atoms with Gasteiger partial charge in [-0.05, 0) is 56.9 Å². The van der Waals surface area contributed by atoms with Gasteiger partial charge in [0.25, 0.3) is 5.91 Å². The Balaban J connectivity index is 1.79. The van der Waals surface area contributed by atoms with Gasteiger partial charge in [-0.3, -0.25) is 4.79 Å². The van der Waals surface area contributed by atoms with Crippen molar-refractivity contribution in [3.63, 3.8) is 0 Å². The maximum atomic E-state index is 12.0. The molecular weight excluding hydrogens is 282 g/mol. The molecule has 1 aromatic carbocycles. The molecule has 6 heteroatoms. The summed E-state index contributed by atoms with van der Waals surface area (Å²) >= 11 is 0. The zero-order valence-corrected chi connectivity index (χ0v) is 13.3. The van der Waals surface area contributed by atoms with Crippen LogP contribution < -0.4 is 10.1 Å². The van der Waals surface area contributed by atoms with E-state index in [0.717, 1.165) is 30.0 Å². The van der Waals surface area contributed by atoms with Crippen molar-refractivity contribution in [1.29, 1.82) is 0 Å². The maximum absolute atomic E-state index is 12.0. The molecule has 1 aliphatic heterocycles. The fourth-order valence-electron chi connectivity index (χ4n) is 2.19. The molecular formula is C16H23N3O3. The van der Waals surface area contributed by atoms with Gasteiger partial charge in [-0.25, -0.2) is 0 Å². The number of hydrogen-bond donors (Lipinski definition) is 1. The number of benzene rings is 1. The average Bonchev–Trinajstić information content (AvgIpc) is 3.01. The number of oxime groups is 1. The second-order valence-corrected chi connectivity index (χ2v) is 5.51. The van der Waals surface area contributed by atoms with E-state index in [2.05, 4.69) is 15.4 Å². The first-order valence-corrected chi connectivity index (χ1v) is 7.39. The SMILES string of the molecule is COc1ccc(C2=NO[C@H](C(=O)NCCCN(C)C)C2)cc1. The van der Waals surface area contributed by atoms with Crippen LogP contribution in [0.4, 0.5) is 0 Å². The molecule has 0 fully saturated rings. The highest BCUT2D eigenvalue weighted by Crippen LogP contribution is 2.19. The first-order valence-electron chi connectivity index (χ1n) is 7.39. The summed E-state index contributed by atoms with van der Waals surface area (Å²) < 4.78 is 5.12. The number of carbonyl (C=O) groups excluding carboxylic acids is 1. The van der Waals surface area contributed by atoms with Crippen LogP contribution in [0.25, 0.3) is 0 Å². The topological polar surface area (TPSA) is 63.2 Å². The zero-order chi connectivity index (χ0) is 15.9. The standard InChI is InChI=1S/C16H23N3O3/c1-19(2)10-4-9-17-16(20)15-11-14(18-22-15)12-5-7-13(21-3)8-6-12/h5-8,15H,4,9-11H2,1-3H3,(H,17,20)/t15-/m0/s1. The van der Waals surface area contributed by atoms with E-state index in [9.17, 15) is 4.79 Å². The van der Waals surface area contributed by atoms with E-state index in [0.29, 0.717) is 13.0 Å². The summed E-state index contributed by atoms with van der Waals surface area (Å²) in [5, 5.41) is 6.91. The molecule has 0 radical (unpaired) electrons. The van der Waals surface area contributed by atoms with E-state index in [1.54, 1.807) is 7.11 Å². The Bertz CT molecular complexity index is 526. The number of rotatable bonds is 7. The van der Waals surface area contributed by atoms with Crippen LogP contribution in [0.3, 0.4) is 0 Å². The summed E-state index contributed by atoms with van der Waals surface area (Å²) in [6.45, 7) is 1.59. The van der Waals surface area contributed by atoms with Gasteiger partial charge in [-0.15, -0.1) is 0 Å². The second-order valence-electron chi connectivity index (χ2n) is 5.51. The number of methoxy groups -OCH3 is 1. The Morgan fingerprint density at radius 2 is 2.14 bits per heavy atom. The van der Waals surface area contributed by atoms with Gasteiger partial charge >= 0.3 is 0 Å². The largest absolute Gasteiger partial charge is 0.497 e. The first-order chi connectivity index (χ1) is 10.6. The predicted molar refractivity (Wildman–Crippen MR) is 85.2 cm³/mol. The van der Waals surface area contributed by atoms with Crippen LogP contribution >= 0.6 is 0 Å². The van der Waals surface area contributed by atoms with Crippen molar-refractivity contribution in [1.82, 2.24) is 10.2 Å².